The van der Waals surface area contributed by atoms with Crippen LogP contribution in [0.1, 0.15) is 44.0 Å². The smallest absolute Gasteiger partial charge is 0.273 e. The lowest BCUT2D eigenvalue weighted by Crippen LogP contribution is -2.21. The summed E-state index contributed by atoms with van der Waals surface area (Å²) in [6, 6.07) is 13.5. The van der Waals surface area contributed by atoms with Gasteiger partial charge in [-0.2, -0.15) is 5.10 Å². The summed E-state index contributed by atoms with van der Waals surface area (Å²) in [7, 11) is 3.21. The van der Waals surface area contributed by atoms with Crippen LogP contribution in [0.4, 0.5) is 5.69 Å². The minimum absolute atomic E-state index is 0.171. The third kappa shape index (κ3) is 4.20. The number of amides is 2. The first kappa shape index (κ1) is 19.7. The molecule has 0 bridgehead atoms. The van der Waals surface area contributed by atoms with Crippen LogP contribution in [0.5, 0.6) is 5.75 Å². The first-order chi connectivity index (χ1) is 14.5. The molecule has 0 atom stereocenters. The second-order valence-corrected chi connectivity index (χ2v) is 7.37. The molecule has 2 amide bonds. The lowest BCUT2D eigenvalue weighted by Gasteiger charge is -2.10. The highest BCUT2D eigenvalue weighted by Gasteiger charge is 2.18. The molecule has 0 aliphatic heterocycles. The SMILES string of the molecule is CNC(=O)c1nn(C)cc1NC(=O)c1cccc(COc2ccc3c(c2)CCC3)c1. The van der Waals surface area contributed by atoms with E-state index < -0.39 is 0 Å². The molecule has 0 saturated heterocycles. The first-order valence-electron chi connectivity index (χ1n) is 9.94. The van der Waals surface area contributed by atoms with Crippen molar-refractivity contribution >= 4 is 17.5 Å². The Kier molecular flexibility index (Phi) is 5.52. The predicted molar refractivity (Wildman–Crippen MR) is 114 cm³/mol. The van der Waals surface area contributed by atoms with Gasteiger partial charge in [0.15, 0.2) is 5.69 Å². The number of hydrogen-bond acceptors (Lipinski definition) is 4. The fraction of sp³-hybridized carbons (Fsp3) is 0.261. The van der Waals surface area contributed by atoms with E-state index in [2.05, 4.69) is 27.9 Å². The number of nitrogens with one attached hydrogen (secondary N) is 2. The average Bonchev–Trinajstić information content (AvgIpc) is 3.37. The number of hydrogen-bond donors (Lipinski definition) is 2. The van der Waals surface area contributed by atoms with E-state index in [9.17, 15) is 9.59 Å². The average molecular weight is 404 g/mol. The van der Waals surface area contributed by atoms with E-state index in [4.69, 9.17) is 4.74 Å². The summed E-state index contributed by atoms with van der Waals surface area (Å²) in [6.45, 7) is 0.371. The molecular weight excluding hydrogens is 380 g/mol. The number of aryl methyl sites for hydroxylation is 3. The third-order valence-corrected chi connectivity index (χ3v) is 5.18. The van der Waals surface area contributed by atoms with Gasteiger partial charge in [0.05, 0.1) is 5.69 Å². The number of fused-ring (bicyclic) bond motifs is 1. The van der Waals surface area contributed by atoms with Crippen LogP contribution in [-0.4, -0.2) is 28.6 Å². The number of rotatable bonds is 6. The zero-order valence-corrected chi connectivity index (χ0v) is 17.1. The Morgan fingerprint density at radius 3 is 2.77 bits per heavy atom. The highest BCUT2D eigenvalue weighted by atomic mass is 16.5. The first-order valence-corrected chi connectivity index (χ1v) is 9.94. The number of benzene rings is 2. The maximum atomic E-state index is 12.7. The van der Waals surface area contributed by atoms with Crippen molar-refractivity contribution in [3.8, 4) is 5.75 Å². The van der Waals surface area contributed by atoms with Crippen molar-refractivity contribution in [3.63, 3.8) is 0 Å². The maximum absolute atomic E-state index is 12.7. The van der Waals surface area contributed by atoms with Gasteiger partial charge in [-0.25, -0.2) is 0 Å². The van der Waals surface area contributed by atoms with Crippen molar-refractivity contribution in [2.75, 3.05) is 12.4 Å². The number of aromatic nitrogens is 2. The van der Waals surface area contributed by atoms with Crippen molar-refractivity contribution in [1.82, 2.24) is 15.1 Å². The van der Waals surface area contributed by atoms with Crippen molar-refractivity contribution in [2.45, 2.75) is 25.9 Å². The zero-order valence-electron chi connectivity index (χ0n) is 17.1. The molecule has 30 heavy (non-hydrogen) atoms. The molecule has 0 unspecified atom stereocenters. The minimum atomic E-state index is -0.359. The molecule has 4 rings (SSSR count). The quantitative estimate of drug-likeness (QED) is 0.661. The topological polar surface area (TPSA) is 85.3 Å². The summed E-state index contributed by atoms with van der Waals surface area (Å²) < 4.78 is 7.43. The van der Waals surface area contributed by atoms with Crippen LogP contribution in [0.3, 0.4) is 0 Å². The second kappa shape index (κ2) is 8.41. The zero-order chi connectivity index (χ0) is 21.1. The molecule has 154 valence electrons. The van der Waals surface area contributed by atoms with Gasteiger partial charge < -0.3 is 15.4 Å². The molecule has 0 saturated carbocycles. The van der Waals surface area contributed by atoms with Crippen LogP contribution < -0.4 is 15.4 Å². The van der Waals surface area contributed by atoms with Crippen molar-refractivity contribution < 1.29 is 14.3 Å². The normalized spacial score (nSPS) is 12.3. The highest BCUT2D eigenvalue weighted by Crippen LogP contribution is 2.26. The predicted octanol–water partition coefficient (Wildman–Crippen LogP) is 3.10. The summed E-state index contributed by atoms with van der Waals surface area (Å²) in [5.74, 6) is 0.172. The minimum Gasteiger partial charge on any atom is -0.489 e. The van der Waals surface area contributed by atoms with Crippen molar-refractivity contribution in [2.24, 2.45) is 7.05 Å². The Labute approximate surface area is 175 Å². The third-order valence-electron chi connectivity index (χ3n) is 5.18. The van der Waals surface area contributed by atoms with E-state index in [1.807, 2.05) is 18.2 Å². The van der Waals surface area contributed by atoms with Crippen LogP contribution in [0.25, 0.3) is 0 Å². The van der Waals surface area contributed by atoms with Gasteiger partial charge in [-0.3, -0.25) is 14.3 Å². The fourth-order valence-corrected chi connectivity index (χ4v) is 3.67. The van der Waals surface area contributed by atoms with Gasteiger partial charge in [0, 0.05) is 25.9 Å². The second-order valence-electron chi connectivity index (χ2n) is 7.37. The van der Waals surface area contributed by atoms with Crippen molar-refractivity contribution in [1.29, 1.82) is 0 Å². The molecule has 0 spiro atoms. The molecule has 2 aromatic carbocycles. The molecule has 1 aromatic heterocycles. The van der Waals surface area contributed by atoms with E-state index >= 15 is 0 Å². The van der Waals surface area contributed by atoms with Crippen LogP contribution in [0.2, 0.25) is 0 Å². The molecule has 1 heterocycles. The van der Waals surface area contributed by atoms with Crippen LogP contribution in [-0.2, 0) is 26.5 Å². The fourth-order valence-electron chi connectivity index (χ4n) is 3.67. The Morgan fingerprint density at radius 1 is 1.10 bits per heavy atom. The summed E-state index contributed by atoms with van der Waals surface area (Å²) >= 11 is 0. The summed E-state index contributed by atoms with van der Waals surface area (Å²) in [6.07, 6.45) is 5.05. The van der Waals surface area contributed by atoms with Crippen molar-refractivity contribution in [3.05, 3.63) is 76.6 Å². The largest absolute Gasteiger partial charge is 0.489 e. The van der Waals surface area contributed by atoms with E-state index in [1.54, 1.807) is 25.4 Å². The van der Waals surface area contributed by atoms with Gasteiger partial charge in [-0.1, -0.05) is 18.2 Å². The number of ether oxygens (including phenoxy) is 1. The van der Waals surface area contributed by atoms with E-state index in [-0.39, 0.29) is 17.5 Å². The number of nitrogens with zero attached hydrogens (tertiary/aromatic N) is 2. The molecule has 7 nitrogen and oxygen atoms in total. The lowest BCUT2D eigenvalue weighted by molar-refractivity contribution is 0.0958. The maximum Gasteiger partial charge on any atom is 0.273 e. The van der Waals surface area contributed by atoms with Gasteiger partial charge in [0.2, 0.25) is 0 Å². The number of carbonyl (C=O) groups excluding carboxylic acids is 2. The lowest BCUT2D eigenvalue weighted by atomic mass is 10.1. The summed E-state index contributed by atoms with van der Waals surface area (Å²) in [4.78, 5) is 24.7. The van der Waals surface area contributed by atoms with Gasteiger partial charge in [-0.15, -0.1) is 0 Å². The van der Waals surface area contributed by atoms with Gasteiger partial charge >= 0.3 is 0 Å². The van der Waals surface area contributed by atoms with Gasteiger partial charge in [0.25, 0.3) is 11.8 Å². The molecule has 1 aliphatic rings. The monoisotopic (exact) mass is 404 g/mol. The standard InChI is InChI=1S/C23H24N4O3/c1-24-23(29)21-20(13-27(2)26-21)25-22(28)18-8-3-5-15(11-18)14-30-19-10-9-16-6-4-7-17(16)12-19/h3,5,8-13H,4,6-7,14H2,1-2H3,(H,24,29)(H,25,28). The molecule has 1 aliphatic carbocycles. The highest BCUT2D eigenvalue weighted by molar-refractivity contribution is 6.08. The van der Waals surface area contributed by atoms with Crippen LogP contribution in [0, 0.1) is 0 Å². The van der Waals surface area contributed by atoms with Gasteiger partial charge in [0.1, 0.15) is 12.4 Å². The molecule has 0 fully saturated rings. The van der Waals surface area contributed by atoms with E-state index in [0.29, 0.717) is 17.9 Å². The van der Waals surface area contributed by atoms with E-state index in [1.165, 1.54) is 29.3 Å². The molecule has 0 radical (unpaired) electrons. The van der Waals surface area contributed by atoms with Crippen LogP contribution in [0.15, 0.2) is 48.7 Å². The Balaban J connectivity index is 1.44. The van der Waals surface area contributed by atoms with Crippen LogP contribution >= 0.6 is 0 Å². The number of carbonyl (C=O) groups is 2. The Bertz CT molecular complexity index is 1100. The molecular formula is C23H24N4O3. The molecule has 2 N–H and O–H groups in total. The van der Waals surface area contributed by atoms with E-state index in [0.717, 1.165) is 24.2 Å². The molecule has 7 heteroatoms. The Hall–Kier alpha value is -3.61. The molecule has 3 aromatic rings. The summed E-state index contributed by atoms with van der Waals surface area (Å²) in [5.41, 5.74) is 4.68. The van der Waals surface area contributed by atoms with Gasteiger partial charge in [-0.05, 0) is 60.2 Å². The Morgan fingerprint density at radius 2 is 1.93 bits per heavy atom. The number of anilines is 1. The summed E-state index contributed by atoms with van der Waals surface area (Å²) in [5, 5.41) is 9.39.